The molecule has 4 aliphatic carbocycles. The minimum absolute atomic E-state index is 0.00526. The zero-order valence-corrected chi connectivity index (χ0v) is 82.1. The van der Waals surface area contributed by atoms with E-state index in [2.05, 4.69) is 498 Å². The van der Waals surface area contributed by atoms with Gasteiger partial charge in [-0.25, -0.2) is 0 Å². The lowest BCUT2D eigenvalue weighted by Gasteiger charge is -2.26. The van der Waals surface area contributed by atoms with E-state index in [-0.39, 0.29) is 21.7 Å². The van der Waals surface area contributed by atoms with Crippen LogP contribution in [0.3, 0.4) is 0 Å². The van der Waals surface area contributed by atoms with E-state index in [0.717, 1.165) is 0 Å². The van der Waals surface area contributed by atoms with Gasteiger partial charge in [-0.15, -0.1) is 45.8 Å². The number of hydrogen-bond donors (Lipinski definition) is 0. The summed E-state index contributed by atoms with van der Waals surface area (Å²) < 4.78 is 14.0. The number of thiophene rings is 3. The van der Waals surface area contributed by atoms with Gasteiger partial charge >= 0.3 is 0 Å². The molecule has 27 aromatic rings. The fourth-order valence-electron chi connectivity index (χ4n) is 25.4. The third-order valence-electron chi connectivity index (χ3n) is 32.1. The van der Waals surface area contributed by atoms with Gasteiger partial charge in [-0.05, 0) is 215 Å². The predicted octanol–water partition coefficient (Wildman–Crippen LogP) is 37.2. The van der Waals surface area contributed by atoms with Gasteiger partial charge in [-0.3, -0.25) is 0 Å². The molecule has 0 amide bonds. The fourth-order valence-corrected chi connectivity index (χ4v) is 31.0. The second kappa shape index (κ2) is 30.2. The topological polar surface area (TPSA) is 19.7 Å². The Morgan fingerprint density at radius 2 is 0.557 bits per heavy atom. The first-order valence-corrected chi connectivity index (χ1v) is 52.4. The molecule has 0 saturated heterocycles. The number of para-hydroxylation sites is 4. The van der Waals surface area contributed by atoms with Gasteiger partial charge in [-0.2, -0.15) is 0 Å². The summed E-state index contributed by atoms with van der Waals surface area (Å²) in [4.78, 5) is 5.90. The van der Waals surface area contributed by atoms with Crippen LogP contribution in [0.2, 0.25) is 0 Å². The van der Waals surface area contributed by atoms with Crippen LogP contribution in [0.15, 0.2) is 417 Å². The van der Waals surface area contributed by atoms with Gasteiger partial charge in [0.05, 0.1) is 44.1 Å². The summed E-state index contributed by atoms with van der Waals surface area (Å²) in [5.74, 6) is 0.466. The van der Waals surface area contributed by atoms with Gasteiger partial charge in [0.25, 0.3) is 0 Å². The molecule has 0 bridgehead atoms. The second-order valence-electron chi connectivity index (χ2n) is 41.3. The van der Waals surface area contributed by atoms with Crippen molar-refractivity contribution in [2.45, 2.75) is 93.1 Å². The quantitative estimate of drug-likeness (QED) is 0.172. The SMILES string of the molecule is CC1(C)c2cc3c(cc2-c2c1sc1ccccc21)c1ccccc1n3-c1ccc2ccccc2c1.CC1(C)c2cc3c4ccccc4n(-c4ccc5ccccc5c4)c3cc2-c2c1sc1ccccc21.CC1(C)c2ccc3c4ccccc4n(-c4ccc5ccccc5c4)c3c2-c2c1sc1ccccc21.CC1(C)c2ccccc2C2c3cc4c5ccccc5n(-c5ccc6ccccc6c5)c4cc3SC21. The molecule has 0 N–H and O–H groups in total. The van der Waals surface area contributed by atoms with Crippen molar-refractivity contribution in [3.05, 3.63) is 461 Å². The van der Waals surface area contributed by atoms with Crippen molar-refractivity contribution in [3.63, 3.8) is 0 Å². The second-order valence-corrected chi connectivity index (χ2v) is 45.6. The van der Waals surface area contributed by atoms with Crippen LogP contribution in [-0.2, 0) is 21.7 Å². The van der Waals surface area contributed by atoms with Crippen LogP contribution in [0, 0.1) is 0 Å². The van der Waals surface area contributed by atoms with Crippen molar-refractivity contribution >= 4 is 206 Å². The molecule has 20 aromatic carbocycles. The summed E-state index contributed by atoms with van der Waals surface area (Å²) in [6.45, 7) is 19.2. The Hall–Kier alpha value is -15.1. The molecule has 32 rings (SSSR count). The first-order valence-electron chi connectivity index (χ1n) is 49.1. The van der Waals surface area contributed by atoms with Gasteiger partial charge in [0.2, 0.25) is 0 Å². The predicted molar refractivity (Wildman–Crippen MR) is 603 cm³/mol. The number of nitrogens with zero attached hydrogens (tertiary/aromatic N) is 4. The van der Waals surface area contributed by atoms with E-state index in [1.807, 2.05) is 34.0 Å². The van der Waals surface area contributed by atoms with E-state index in [0.29, 0.717) is 11.2 Å². The third-order valence-corrected chi connectivity index (χ3v) is 38.3. The molecule has 0 fully saturated rings. The monoisotopic (exact) mass is 1860 g/mol. The molecule has 8 heterocycles. The normalized spacial score (nSPS) is 15.6. The van der Waals surface area contributed by atoms with Crippen LogP contribution in [-0.4, -0.2) is 23.5 Å². The Morgan fingerprint density at radius 1 is 0.214 bits per heavy atom. The third kappa shape index (κ3) is 11.8. The number of hydrogen-bond acceptors (Lipinski definition) is 4. The molecule has 140 heavy (non-hydrogen) atoms. The van der Waals surface area contributed by atoms with E-state index in [4.69, 9.17) is 0 Å². The van der Waals surface area contributed by atoms with Crippen molar-refractivity contribution in [2.75, 3.05) is 0 Å². The van der Waals surface area contributed by atoms with E-state index in [9.17, 15) is 0 Å². The highest BCUT2D eigenvalue weighted by Gasteiger charge is 2.52. The maximum Gasteiger partial charge on any atom is 0.0623 e. The summed E-state index contributed by atoms with van der Waals surface area (Å²) >= 11 is 7.96. The molecule has 0 radical (unpaired) electrons. The van der Waals surface area contributed by atoms with Crippen molar-refractivity contribution in [1.29, 1.82) is 0 Å². The van der Waals surface area contributed by atoms with Crippen LogP contribution in [0.4, 0.5) is 0 Å². The van der Waals surface area contributed by atoms with E-state index in [1.54, 1.807) is 0 Å². The molecule has 666 valence electrons. The summed E-state index contributed by atoms with van der Waals surface area (Å²) in [6, 6.07) is 153. The van der Waals surface area contributed by atoms with Crippen LogP contribution >= 0.6 is 45.8 Å². The zero-order valence-electron chi connectivity index (χ0n) is 78.8. The lowest BCUT2D eigenvalue weighted by molar-refractivity contribution is 0.521. The molecule has 5 aliphatic rings. The Kier molecular flexibility index (Phi) is 17.7. The van der Waals surface area contributed by atoms with Gasteiger partial charge < -0.3 is 18.3 Å². The molecule has 8 heteroatoms. The van der Waals surface area contributed by atoms with Crippen molar-refractivity contribution in [1.82, 2.24) is 18.3 Å². The van der Waals surface area contributed by atoms with Gasteiger partial charge in [0.15, 0.2) is 0 Å². The summed E-state index contributed by atoms with van der Waals surface area (Å²) in [5.41, 5.74) is 32.6. The van der Waals surface area contributed by atoms with Crippen LogP contribution in [0.25, 0.3) is 217 Å². The zero-order chi connectivity index (χ0) is 93.2. The smallest absolute Gasteiger partial charge is 0.0623 e. The Morgan fingerprint density at radius 3 is 1.04 bits per heavy atom. The molecule has 2 atom stereocenters. The molecule has 7 aromatic heterocycles. The molecular formula is C132H94N4S4. The van der Waals surface area contributed by atoms with E-state index < -0.39 is 0 Å². The molecular weight excluding hydrogens is 1770 g/mol. The minimum atomic E-state index is -0.0206. The average molecular weight is 1860 g/mol. The summed E-state index contributed by atoms with van der Waals surface area (Å²) in [7, 11) is 0. The standard InChI is InChI=1S/C33H25NS.3C33H23NS/c1-33(2)27-13-7-5-12-24(27)31-26-18-25-23-11-6-8-14-28(23)34(29(25)19-30(26)35-32(31)33)22-16-15-20-9-3-4-10-21(20)17-22;1-33(2)27-18-25-23-11-5-7-13-28(23)34(22-16-15-20-9-3-4-10-21(20)17-22)29(25)19-26(27)31-24-12-6-8-14-30(24)35-32(31)33;1-33(2)27-19-29-25(18-26(27)31-24-12-6-8-14-30(24)35-32(31)33)23-11-5-7-13-28(23)34(29)22-16-15-20-9-3-4-10-21(20)17-22;1-33(2)26-18-17-24-23-11-5-7-13-27(23)34(22-16-15-20-9-3-4-10-21(20)19-22)31(24)30(26)29-25-12-6-8-14-28(25)35-32(29)33/h3-19,31-32H,1-2H3;3*3-19H,1-2H3. The maximum absolute atomic E-state index is 2.51. The number of benzene rings is 20. The van der Waals surface area contributed by atoms with Crippen molar-refractivity contribution in [3.8, 4) is 56.1 Å². The molecule has 0 spiro atoms. The fraction of sp³-hybridized carbons (Fsp3) is 0.106. The minimum Gasteiger partial charge on any atom is -0.309 e. The Balaban J connectivity index is 0.0000000896. The molecule has 1 aliphatic heterocycles. The Bertz CT molecular complexity index is 10000. The number of fused-ring (bicyclic) bond motifs is 37. The first-order chi connectivity index (χ1) is 68.5. The van der Waals surface area contributed by atoms with Crippen LogP contribution in [0.5, 0.6) is 0 Å². The van der Waals surface area contributed by atoms with Gasteiger partial charge in [-0.1, -0.05) is 341 Å². The van der Waals surface area contributed by atoms with E-state index >= 15 is 0 Å². The highest BCUT2D eigenvalue weighted by molar-refractivity contribution is 8.00. The maximum atomic E-state index is 2.51. The molecule has 2 unspecified atom stereocenters. The van der Waals surface area contributed by atoms with Crippen molar-refractivity contribution in [2.24, 2.45) is 0 Å². The Labute approximate surface area is 827 Å². The number of rotatable bonds is 4. The molecule has 4 nitrogen and oxygen atoms in total. The average Bonchev–Trinajstić information content (AvgIpc) is 1.58. The molecule has 0 saturated carbocycles. The number of aromatic nitrogens is 4. The highest BCUT2D eigenvalue weighted by atomic mass is 32.2. The lowest BCUT2D eigenvalue weighted by atomic mass is 9.84. The van der Waals surface area contributed by atoms with Crippen LogP contribution < -0.4 is 0 Å². The van der Waals surface area contributed by atoms with Gasteiger partial charge in [0, 0.05) is 171 Å². The van der Waals surface area contributed by atoms with Crippen LogP contribution in [0.1, 0.15) is 109 Å². The summed E-state index contributed by atoms with van der Waals surface area (Å²) in [6.07, 6.45) is 0. The largest absolute Gasteiger partial charge is 0.309 e. The summed E-state index contributed by atoms with van der Waals surface area (Å²) in [5, 5.41) is 25.5. The first kappa shape index (κ1) is 82.0. The number of thioether (sulfide) groups is 1. The lowest BCUT2D eigenvalue weighted by Crippen LogP contribution is -2.26. The highest BCUT2D eigenvalue weighted by Crippen LogP contribution is 2.65. The van der Waals surface area contributed by atoms with Crippen molar-refractivity contribution < 1.29 is 0 Å². The van der Waals surface area contributed by atoms with E-state index in [1.165, 1.54) is 270 Å². The van der Waals surface area contributed by atoms with Gasteiger partial charge in [0.1, 0.15) is 0 Å².